The topological polar surface area (TPSA) is 26.3 Å². The summed E-state index contributed by atoms with van der Waals surface area (Å²) >= 11 is 0. The van der Waals surface area contributed by atoms with Crippen molar-refractivity contribution < 1.29 is 9.53 Å². The Labute approximate surface area is 75.3 Å². The van der Waals surface area contributed by atoms with Crippen LogP contribution in [0.25, 0.3) is 0 Å². The Hall–Kier alpha value is -0.530. The Morgan fingerprint density at radius 1 is 1.08 bits per heavy atom. The fourth-order valence-corrected chi connectivity index (χ4v) is 1.10. The molecule has 72 valence electrons. The zero-order valence-electron chi connectivity index (χ0n) is 8.27. The monoisotopic (exact) mass is 173 g/mol. The number of rotatable bonds is 7. The molecule has 0 saturated carbocycles. The van der Waals surface area contributed by atoms with Gasteiger partial charge in [0.25, 0.3) is 0 Å². The van der Waals surface area contributed by atoms with Crippen LogP contribution in [0.3, 0.4) is 0 Å². The second-order valence-corrected chi connectivity index (χ2v) is 3.11. The van der Waals surface area contributed by atoms with E-state index in [9.17, 15) is 4.79 Å². The summed E-state index contributed by atoms with van der Waals surface area (Å²) in [5.74, 6) is -0.163. The molecule has 0 rings (SSSR count). The lowest BCUT2D eigenvalue weighted by atomic mass is 10.1. The molecule has 0 aliphatic heterocycles. The van der Waals surface area contributed by atoms with Crippen molar-refractivity contribution in [2.75, 3.05) is 6.61 Å². The maximum atomic E-state index is 10.4. The van der Waals surface area contributed by atoms with Crippen LogP contribution in [-0.2, 0) is 9.53 Å². The van der Waals surface area contributed by atoms with E-state index < -0.39 is 0 Å². The van der Waals surface area contributed by atoms with E-state index in [2.05, 4.69) is 6.92 Å². The van der Waals surface area contributed by atoms with Gasteiger partial charge in [-0.3, -0.25) is 4.79 Å². The summed E-state index contributed by atoms with van der Waals surface area (Å²) in [7, 11) is 0. The summed E-state index contributed by atoms with van der Waals surface area (Å²) in [5, 5.41) is 0. The van der Waals surface area contributed by atoms with E-state index in [4.69, 9.17) is 4.74 Å². The van der Waals surface area contributed by atoms with Crippen molar-refractivity contribution >= 4 is 5.97 Å². The van der Waals surface area contributed by atoms with Gasteiger partial charge >= 0.3 is 5.97 Å². The van der Waals surface area contributed by atoms with Gasteiger partial charge in [-0.15, -0.1) is 0 Å². The van der Waals surface area contributed by atoms with Gasteiger partial charge < -0.3 is 4.74 Å². The molecule has 0 saturated heterocycles. The van der Waals surface area contributed by atoms with Gasteiger partial charge in [0, 0.05) is 6.92 Å². The summed E-state index contributed by atoms with van der Waals surface area (Å²) in [6, 6.07) is 0. The quantitative estimate of drug-likeness (QED) is 0.336. The lowest BCUT2D eigenvalue weighted by Gasteiger charge is -2.01. The Kier molecular flexibility index (Phi) is 8.19. The summed E-state index contributed by atoms with van der Waals surface area (Å²) < 4.78 is 4.81. The lowest BCUT2D eigenvalue weighted by molar-refractivity contribution is -0.141. The van der Waals surface area contributed by atoms with Crippen molar-refractivity contribution in [3.8, 4) is 0 Å². The minimum atomic E-state index is -0.163. The molecule has 0 atom stereocenters. The first-order valence-corrected chi connectivity index (χ1v) is 4.90. The molecule has 2 nitrogen and oxygen atoms in total. The van der Waals surface area contributed by atoms with Crippen molar-refractivity contribution in [2.45, 2.75) is 52.4 Å². The number of carbonyl (C=O) groups excluding carboxylic acids is 1. The maximum absolute atomic E-state index is 10.4. The van der Waals surface area contributed by atoms with Gasteiger partial charge in [-0.05, 0) is 6.42 Å². The predicted molar refractivity (Wildman–Crippen MR) is 50.0 cm³/mol. The number of esters is 1. The van der Waals surface area contributed by atoms with Crippen molar-refractivity contribution in [1.82, 2.24) is 0 Å². The van der Waals surface area contributed by atoms with Crippen LogP contribution in [0, 0.1) is 0 Å². The molecule has 2 heteroatoms. The Bertz CT molecular complexity index is 110. The van der Waals surface area contributed by atoms with Gasteiger partial charge in [0.1, 0.15) is 0 Å². The predicted octanol–water partition coefficient (Wildman–Crippen LogP) is 2.91. The first kappa shape index (κ1) is 11.5. The van der Waals surface area contributed by atoms with Gasteiger partial charge in [0.05, 0.1) is 6.61 Å². The van der Waals surface area contributed by atoms with E-state index >= 15 is 0 Å². The summed E-state index contributed by atoms with van der Waals surface area (Å²) in [4.78, 5) is 10.4. The zero-order valence-corrected chi connectivity index (χ0v) is 8.27. The highest BCUT2D eigenvalue weighted by Gasteiger charge is 1.92. The molecule has 0 radical (unpaired) electrons. The van der Waals surface area contributed by atoms with E-state index in [1.54, 1.807) is 0 Å². The molecule has 0 unspecified atom stereocenters. The van der Waals surface area contributed by atoms with Crippen molar-refractivity contribution in [3.63, 3.8) is 0 Å². The van der Waals surface area contributed by atoms with Crippen LogP contribution in [0.1, 0.15) is 52.4 Å². The third-order valence-corrected chi connectivity index (χ3v) is 1.80. The van der Waals surface area contributed by atoms with Gasteiger partial charge in [-0.1, -0.05) is 39.0 Å². The summed E-state index contributed by atoms with van der Waals surface area (Å²) in [6.07, 6.45) is 7.40. The van der Waals surface area contributed by atoms with Gasteiger partial charge in [-0.2, -0.15) is 0 Å². The lowest BCUT2D eigenvalue weighted by Crippen LogP contribution is -1.99. The smallest absolute Gasteiger partial charge is 0.302 e. The molecule has 0 aliphatic rings. The second kappa shape index (κ2) is 8.57. The molecule has 0 aliphatic carbocycles. The van der Waals surface area contributed by atoms with Crippen LogP contribution in [0.2, 0.25) is 0 Å². The third-order valence-electron chi connectivity index (χ3n) is 1.80. The highest BCUT2D eigenvalue weighted by atomic mass is 16.6. The number of ether oxygens (including phenoxy) is 1. The van der Waals surface area contributed by atoms with E-state index in [0.29, 0.717) is 6.61 Å². The molecule has 0 heterocycles. The minimum Gasteiger partial charge on any atom is -0.466 e. The third kappa shape index (κ3) is 9.47. The molecular formula is C10H20O2. The van der Waals surface area contributed by atoms with E-state index in [1.807, 2.05) is 0 Å². The molecule has 0 aromatic carbocycles. The standard InChI is InChI=1S/C10H20O2/c1-3-4-5-6-7-8-9-12-10(2)11/h3-9H2,1-2H3/i10+1. The van der Waals surface area contributed by atoms with Crippen LogP contribution >= 0.6 is 0 Å². The average Bonchev–Trinajstić information content (AvgIpc) is 2.02. The van der Waals surface area contributed by atoms with E-state index in [1.165, 1.54) is 39.0 Å². The van der Waals surface area contributed by atoms with Crippen molar-refractivity contribution in [2.24, 2.45) is 0 Å². The summed E-state index contributed by atoms with van der Waals surface area (Å²) in [5.41, 5.74) is 0. The Morgan fingerprint density at radius 2 is 1.67 bits per heavy atom. The van der Waals surface area contributed by atoms with E-state index in [0.717, 1.165) is 6.42 Å². The number of carbonyl (C=O) groups is 1. The fraction of sp³-hybridized carbons (Fsp3) is 0.900. The van der Waals surface area contributed by atoms with Crippen molar-refractivity contribution in [3.05, 3.63) is 0 Å². The minimum absolute atomic E-state index is 0.163. The fourth-order valence-electron chi connectivity index (χ4n) is 1.10. The Morgan fingerprint density at radius 3 is 2.25 bits per heavy atom. The maximum Gasteiger partial charge on any atom is 0.302 e. The van der Waals surface area contributed by atoms with Crippen LogP contribution in [0.5, 0.6) is 0 Å². The van der Waals surface area contributed by atoms with Gasteiger partial charge in [-0.25, -0.2) is 0 Å². The Balaban J connectivity index is 2.86. The second-order valence-electron chi connectivity index (χ2n) is 3.11. The molecule has 0 aromatic heterocycles. The van der Waals surface area contributed by atoms with E-state index in [-0.39, 0.29) is 5.97 Å². The first-order valence-electron chi connectivity index (χ1n) is 4.90. The molecule has 12 heavy (non-hydrogen) atoms. The van der Waals surface area contributed by atoms with Crippen LogP contribution in [0.4, 0.5) is 0 Å². The SMILES string of the molecule is CCCCCCCCO[13C](C)=O. The zero-order chi connectivity index (χ0) is 9.23. The van der Waals surface area contributed by atoms with Crippen molar-refractivity contribution in [1.29, 1.82) is 0 Å². The van der Waals surface area contributed by atoms with Crippen LogP contribution in [0.15, 0.2) is 0 Å². The molecular weight excluding hydrogens is 153 g/mol. The molecule has 0 aromatic rings. The largest absolute Gasteiger partial charge is 0.466 e. The highest BCUT2D eigenvalue weighted by molar-refractivity contribution is 5.65. The van der Waals surface area contributed by atoms with Gasteiger partial charge in [0.15, 0.2) is 0 Å². The molecule has 0 spiro atoms. The van der Waals surface area contributed by atoms with Crippen LogP contribution < -0.4 is 0 Å². The summed E-state index contributed by atoms with van der Waals surface area (Å²) in [6.45, 7) is 4.26. The average molecular weight is 173 g/mol. The molecule has 0 N–H and O–H groups in total. The van der Waals surface area contributed by atoms with Gasteiger partial charge in [0.2, 0.25) is 0 Å². The number of hydrogen-bond acceptors (Lipinski definition) is 2. The number of unbranched alkanes of at least 4 members (excludes halogenated alkanes) is 5. The molecule has 0 amide bonds. The molecule has 0 bridgehead atoms. The molecule has 0 fully saturated rings. The number of hydrogen-bond donors (Lipinski definition) is 0. The van der Waals surface area contributed by atoms with Crippen LogP contribution in [-0.4, -0.2) is 12.6 Å². The first-order chi connectivity index (χ1) is 5.77. The highest BCUT2D eigenvalue weighted by Crippen LogP contribution is 2.04. The normalized spacial score (nSPS) is 9.83.